The van der Waals surface area contributed by atoms with Gasteiger partial charge in [0.2, 0.25) is 0 Å². The third-order valence-corrected chi connectivity index (χ3v) is 5.25. The number of ether oxygens (including phenoxy) is 1. The fraction of sp³-hybridized carbons (Fsp3) is 0.429. The Hall–Kier alpha value is -2.36. The lowest BCUT2D eigenvalue weighted by Crippen LogP contribution is -2.23. The summed E-state index contributed by atoms with van der Waals surface area (Å²) in [5.41, 5.74) is 7.61. The van der Waals surface area contributed by atoms with Gasteiger partial charge in [0.15, 0.2) is 0 Å². The van der Waals surface area contributed by atoms with E-state index in [1.165, 1.54) is 35.1 Å². The number of hydrogen-bond donors (Lipinski definition) is 1. The maximum atomic E-state index is 12.5. The Morgan fingerprint density at radius 2 is 1.92 bits per heavy atom. The number of hydrogen-bond acceptors (Lipinski definition) is 3. The minimum Gasteiger partial charge on any atom is -0.446 e. The molecule has 2 aliphatic carbocycles. The largest absolute Gasteiger partial charge is 0.446 e. The summed E-state index contributed by atoms with van der Waals surface area (Å²) in [4.78, 5) is 16.6. The van der Waals surface area contributed by atoms with Crippen molar-refractivity contribution >= 4 is 11.8 Å². The van der Waals surface area contributed by atoms with Crippen molar-refractivity contribution in [3.63, 3.8) is 0 Å². The molecule has 1 unspecified atom stereocenters. The van der Waals surface area contributed by atoms with Gasteiger partial charge in [0.1, 0.15) is 6.10 Å². The number of nitrogens with zero attached hydrogens (tertiary/aromatic N) is 1. The van der Waals surface area contributed by atoms with Crippen molar-refractivity contribution in [1.82, 2.24) is 4.98 Å². The molecular formula is C21H24N2O2. The van der Waals surface area contributed by atoms with Gasteiger partial charge in [-0.15, -0.1) is 0 Å². The topological polar surface area (TPSA) is 51.2 Å². The molecular weight excluding hydrogens is 312 g/mol. The molecule has 1 atom stereocenters. The first-order valence-electron chi connectivity index (χ1n) is 9.24. The van der Waals surface area contributed by atoms with Crippen LogP contribution in [-0.2, 0) is 36.8 Å². The molecule has 0 aliphatic heterocycles. The lowest BCUT2D eigenvalue weighted by atomic mass is 9.99. The van der Waals surface area contributed by atoms with Crippen LogP contribution in [-0.4, -0.2) is 17.2 Å². The second-order valence-electron chi connectivity index (χ2n) is 7.14. The number of pyridine rings is 1. The van der Waals surface area contributed by atoms with Crippen LogP contribution >= 0.6 is 0 Å². The molecule has 4 nitrogen and oxygen atoms in total. The molecule has 25 heavy (non-hydrogen) atoms. The molecule has 130 valence electrons. The van der Waals surface area contributed by atoms with Crippen molar-refractivity contribution in [2.24, 2.45) is 0 Å². The van der Waals surface area contributed by atoms with Gasteiger partial charge in [-0.05, 0) is 79.3 Å². The van der Waals surface area contributed by atoms with E-state index in [9.17, 15) is 4.79 Å². The van der Waals surface area contributed by atoms with Gasteiger partial charge in [0.25, 0.3) is 0 Å². The first-order valence-corrected chi connectivity index (χ1v) is 9.24. The van der Waals surface area contributed by atoms with Crippen molar-refractivity contribution in [2.75, 3.05) is 5.32 Å². The predicted molar refractivity (Wildman–Crippen MR) is 98.0 cm³/mol. The SMILES string of the molecule is CC(Cc1cccnc1)OC(=O)Nc1c2c(cc3c1CCC3)CCC2. The fourth-order valence-corrected chi connectivity index (χ4v) is 4.17. The van der Waals surface area contributed by atoms with Crippen LogP contribution in [0.15, 0.2) is 30.6 Å². The monoisotopic (exact) mass is 336 g/mol. The Morgan fingerprint density at radius 3 is 2.56 bits per heavy atom. The molecule has 0 fully saturated rings. The highest BCUT2D eigenvalue weighted by Gasteiger charge is 2.25. The molecule has 1 amide bonds. The van der Waals surface area contributed by atoms with Gasteiger partial charge in [-0.25, -0.2) is 4.79 Å². The normalized spacial score (nSPS) is 16.2. The van der Waals surface area contributed by atoms with Gasteiger partial charge >= 0.3 is 6.09 Å². The second kappa shape index (κ2) is 6.87. The molecule has 0 spiro atoms. The fourth-order valence-electron chi connectivity index (χ4n) is 4.17. The standard InChI is InChI=1S/C21H24N2O2/c1-14(11-15-5-4-10-22-13-15)25-21(24)23-20-18-8-2-6-16(18)12-17-7-3-9-19(17)20/h4-5,10,12-14H,2-3,6-9,11H2,1H3,(H,23,24). The van der Waals surface area contributed by atoms with Gasteiger partial charge < -0.3 is 4.74 Å². The highest BCUT2D eigenvalue weighted by molar-refractivity contribution is 5.88. The molecule has 1 heterocycles. The third-order valence-electron chi connectivity index (χ3n) is 5.25. The van der Waals surface area contributed by atoms with Gasteiger partial charge in [-0.2, -0.15) is 0 Å². The summed E-state index contributed by atoms with van der Waals surface area (Å²) < 4.78 is 5.60. The summed E-state index contributed by atoms with van der Waals surface area (Å²) in [6.45, 7) is 1.92. The Kier molecular flexibility index (Phi) is 4.43. The number of carbonyl (C=O) groups excluding carboxylic acids is 1. The zero-order valence-corrected chi connectivity index (χ0v) is 14.7. The van der Waals surface area contributed by atoms with Crippen molar-refractivity contribution in [3.05, 3.63) is 58.4 Å². The summed E-state index contributed by atoms with van der Waals surface area (Å²) in [5, 5.41) is 3.08. The second-order valence-corrected chi connectivity index (χ2v) is 7.14. The summed E-state index contributed by atoms with van der Waals surface area (Å²) in [6.07, 6.45) is 10.4. The Labute approximate surface area is 148 Å². The summed E-state index contributed by atoms with van der Waals surface area (Å²) in [6, 6.07) is 6.27. The van der Waals surface area contributed by atoms with Crippen LogP contribution in [0.5, 0.6) is 0 Å². The highest BCUT2D eigenvalue weighted by atomic mass is 16.6. The number of carbonyl (C=O) groups is 1. The maximum Gasteiger partial charge on any atom is 0.411 e. The van der Waals surface area contributed by atoms with Gasteiger partial charge in [-0.3, -0.25) is 10.3 Å². The summed E-state index contributed by atoms with van der Waals surface area (Å²) in [7, 11) is 0. The molecule has 0 saturated heterocycles. The Bertz CT molecular complexity index is 754. The van der Waals surface area contributed by atoms with Crippen molar-refractivity contribution in [3.8, 4) is 0 Å². The first kappa shape index (κ1) is 16.1. The average Bonchev–Trinajstić information content (AvgIpc) is 3.24. The number of rotatable bonds is 4. The third kappa shape index (κ3) is 3.39. The quantitative estimate of drug-likeness (QED) is 0.908. The minimum atomic E-state index is -0.342. The number of fused-ring (bicyclic) bond motifs is 2. The Balaban J connectivity index is 1.46. The molecule has 1 aromatic heterocycles. The average molecular weight is 336 g/mol. The van der Waals surface area contributed by atoms with Gasteiger partial charge in [-0.1, -0.05) is 12.1 Å². The zero-order valence-electron chi connectivity index (χ0n) is 14.7. The van der Waals surface area contributed by atoms with Crippen LogP contribution < -0.4 is 5.32 Å². The Morgan fingerprint density at radius 1 is 1.20 bits per heavy atom. The molecule has 1 N–H and O–H groups in total. The van der Waals surface area contributed by atoms with E-state index >= 15 is 0 Å². The van der Waals surface area contributed by atoms with Crippen LogP contribution in [0.4, 0.5) is 10.5 Å². The van der Waals surface area contributed by atoms with Gasteiger partial charge in [0.05, 0.1) is 5.69 Å². The molecule has 2 aliphatic rings. The van der Waals surface area contributed by atoms with Gasteiger partial charge in [0, 0.05) is 18.8 Å². The zero-order chi connectivity index (χ0) is 17.2. The predicted octanol–water partition coefficient (Wildman–Crippen LogP) is 4.24. The number of amides is 1. The van der Waals surface area contributed by atoms with Crippen LogP contribution in [0, 0.1) is 0 Å². The van der Waals surface area contributed by atoms with Crippen molar-refractivity contribution in [1.29, 1.82) is 0 Å². The van der Waals surface area contributed by atoms with Crippen LogP contribution in [0.3, 0.4) is 0 Å². The highest BCUT2D eigenvalue weighted by Crippen LogP contribution is 2.38. The number of aromatic nitrogens is 1. The van der Waals surface area contributed by atoms with E-state index in [1.54, 1.807) is 6.20 Å². The molecule has 4 rings (SSSR count). The molecule has 1 aromatic carbocycles. The first-order chi connectivity index (χ1) is 12.2. The van der Waals surface area contributed by atoms with Crippen molar-refractivity contribution < 1.29 is 9.53 Å². The lowest BCUT2D eigenvalue weighted by Gasteiger charge is -2.18. The summed E-state index contributed by atoms with van der Waals surface area (Å²) in [5.74, 6) is 0. The smallest absolute Gasteiger partial charge is 0.411 e. The van der Waals surface area contributed by atoms with E-state index in [-0.39, 0.29) is 12.2 Å². The van der Waals surface area contributed by atoms with Crippen LogP contribution in [0.25, 0.3) is 0 Å². The number of benzene rings is 1. The number of nitrogens with one attached hydrogen (secondary N) is 1. The maximum absolute atomic E-state index is 12.5. The van der Waals surface area contributed by atoms with E-state index in [1.807, 2.05) is 25.3 Å². The molecule has 0 saturated carbocycles. The van der Waals surface area contributed by atoms with E-state index in [4.69, 9.17) is 4.74 Å². The summed E-state index contributed by atoms with van der Waals surface area (Å²) >= 11 is 0. The van der Waals surface area contributed by atoms with E-state index in [2.05, 4.69) is 16.4 Å². The molecule has 2 aromatic rings. The van der Waals surface area contributed by atoms with Crippen LogP contribution in [0.2, 0.25) is 0 Å². The van der Waals surface area contributed by atoms with E-state index in [0.29, 0.717) is 6.42 Å². The van der Waals surface area contributed by atoms with E-state index < -0.39 is 0 Å². The van der Waals surface area contributed by atoms with E-state index in [0.717, 1.165) is 36.9 Å². The van der Waals surface area contributed by atoms with Crippen molar-refractivity contribution in [2.45, 2.75) is 58.0 Å². The minimum absolute atomic E-state index is 0.186. The molecule has 0 radical (unpaired) electrons. The molecule has 4 heteroatoms. The number of anilines is 1. The lowest BCUT2D eigenvalue weighted by molar-refractivity contribution is 0.120. The molecule has 0 bridgehead atoms. The van der Waals surface area contributed by atoms with Crippen LogP contribution in [0.1, 0.15) is 47.6 Å². The number of aryl methyl sites for hydroxylation is 2.